The smallest absolute Gasteiger partial charge is 0.268 e. The van der Waals surface area contributed by atoms with Crippen LogP contribution in [-0.2, 0) is 66.5 Å². The second-order valence-corrected chi connectivity index (χ2v) is 31.5. The van der Waals surface area contributed by atoms with Gasteiger partial charge in [-0.25, -0.2) is 0 Å². The van der Waals surface area contributed by atoms with E-state index in [9.17, 15) is 59.0 Å². The average Bonchev–Trinajstić information content (AvgIpc) is 1.61. The minimum absolute atomic E-state index is 0.00206. The summed E-state index contributed by atoms with van der Waals surface area (Å²) in [6, 6.07) is 24.1. The molecule has 3 unspecified atom stereocenters. The van der Waals surface area contributed by atoms with E-state index in [1.807, 2.05) is 6.07 Å². The molecule has 0 aromatic heterocycles. The second kappa shape index (κ2) is 49.4. The topological polar surface area (TPSA) is 297 Å². The molecule has 24 heteroatoms. The molecule has 4 rings (SSSR count). The van der Waals surface area contributed by atoms with E-state index in [-0.39, 0.29) is 74.1 Å². The summed E-state index contributed by atoms with van der Waals surface area (Å²) >= 11 is 0. The van der Waals surface area contributed by atoms with E-state index in [1.54, 1.807) is 18.2 Å². The molecule has 4 aromatic rings. The van der Waals surface area contributed by atoms with Crippen molar-refractivity contribution in [3.8, 4) is 34.5 Å². The Morgan fingerprint density at radius 2 is 0.542 bits per heavy atom. The summed E-state index contributed by atoms with van der Waals surface area (Å²) < 4.78 is 67.9. The minimum atomic E-state index is -4.34. The lowest BCUT2D eigenvalue weighted by Gasteiger charge is -2.31. The zero-order valence-electron chi connectivity index (χ0n) is 59.6. The van der Waals surface area contributed by atoms with Crippen LogP contribution >= 0.6 is 23.5 Å². The lowest BCUT2D eigenvalue weighted by Crippen LogP contribution is -2.43. The average molecular weight is 1410 g/mol. The van der Waals surface area contributed by atoms with Crippen molar-refractivity contribution < 1.29 is 99.6 Å². The van der Waals surface area contributed by atoms with Crippen molar-refractivity contribution in [2.75, 3.05) is 121 Å². The zero-order valence-corrected chi connectivity index (χ0v) is 62.3. The highest BCUT2D eigenvalue weighted by atomic mass is 31.2. The first-order valence-electron chi connectivity index (χ1n) is 35.3. The Bertz CT molecular complexity index is 2810. The van der Waals surface area contributed by atoms with E-state index >= 15 is 0 Å². The summed E-state index contributed by atoms with van der Waals surface area (Å²) in [6.07, 6.45) is 30.6. The Labute approximate surface area is 577 Å². The van der Waals surface area contributed by atoms with E-state index in [0.29, 0.717) is 62.6 Å². The molecule has 0 fully saturated rings. The number of benzene rings is 4. The molecule has 0 heterocycles. The van der Waals surface area contributed by atoms with E-state index in [0.717, 1.165) is 83.8 Å². The highest BCUT2D eigenvalue weighted by Gasteiger charge is 2.21. The number of quaternary nitrogens is 3. The molecule has 4 aromatic carbocycles. The van der Waals surface area contributed by atoms with Crippen LogP contribution in [0.15, 0.2) is 84.9 Å². The molecule has 550 valence electrons. The highest BCUT2D eigenvalue weighted by molar-refractivity contribution is 7.46. The molecule has 0 aliphatic carbocycles. The number of unbranched alkanes of at least 4 members (excludes halogenated alkanes) is 18. The summed E-state index contributed by atoms with van der Waals surface area (Å²) in [4.78, 5) is 35.9. The fourth-order valence-corrected chi connectivity index (χ4v) is 12.8. The summed E-state index contributed by atoms with van der Waals surface area (Å²) in [6.45, 7) is 9.58. The molecule has 0 aliphatic rings. The summed E-state index contributed by atoms with van der Waals surface area (Å²) in [5.41, 5.74) is 3.73. The Kier molecular flexibility index (Phi) is 45.3. The van der Waals surface area contributed by atoms with Gasteiger partial charge in [0.15, 0.2) is 34.5 Å². The molecular formula is C72H124N3O18P3. The number of aryl methyl sites for hydroxylation is 4. The van der Waals surface area contributed by atoms with Crippen LogP contribution in [-0.4, -0.2) is 165 Å². The number of hydrogen-bond donors (Lipinski definition) is 6. The van der Waals surface area contributed by atoms with Crippen molar-refractivity contribution in [3.63, 3.8) is 0 Å². The first kappa shape index (κ1) is 88.0. The van der Waals surface area contributed by atoms with Crippen LogP contribution < -0.4 is 14.7 Å². The molecule has 0 radical (unpaired) electrons. The van der Waals surface area contributed by atoms with Crippen LogP contribution in [0.4, 0.5) is 0 Å². The van der Waals surface area contributed by atoms with Gasteiger partial charge < -0.3 is 85.9 Å². The molecule has 0 saturated heterocycles. The number of hydrogen-bond acceptors (Lipinski definition) is 18. The Morgan fingerprint density at radius 3 is 0.823 bits per heavy atom. The molecule has 21 nitrogen and oxygen atoms in total. The predicted octanol–water partition coefficient (Wildman–Crippen LogP) is 14.3. The third-order valence-electron chi connectivity index (χ3n) is 16.8. The van der Waals surface area contributed by atoms with Gasteiger partial charge in [0.2, 0.25) is 0 Å². The van der Waals surface area contributed by atoms with Gasteiger partial charge in [0, 0.05) is 0 Å². The van der Waals surface area contributed by atoms with Crippen LogP contribution in [0.25, 0.3) is 0 Å². The standard InChI is InChI=1S/C25H46NO6P.C24H36NO6P.C23H42NO6P/c1-4-5-6-7-8-9-10-11-12-13-18-26(2,3)19-21-32-33(29,30)31-20-14-15-23-16-17-24(27)25(28)22-23;1-25(2,16-8-4-7-12-21-10-5-3-6-11-21)17-19-31-32(28,29)30-18-9-13-22-14-15-23(26)24(27)20-22;1-4-5-6-7-8-9-10-11-16-24(2,3)17-19-30-31(27,28)29-18-12-13-21-14-15-22(25)23(26)20-21/h16-17,22H,4-15,18-21H2,1-3H3,(H2-,27,28,29,30);3,5-6,10-11,14-15,20H,4,7-9,12-13,16-19H2,1-2H3,(H2-,26,27,28,29);14-15,20H,4-13,16-19H2,1-3H3,(H2-,25,26,27,28). The number of aromatic hydroxyl groups is 6. The van der Waals surface area contributed by atoms with Gasteiger partial charge in [0.25, 0.3) is 23.5 Å². The second-order valence-electron chi connectivity index (χ2n) is 27.2. The molecule has 96 heavy (non-hydrogen) atoms. The number of phenols is 6. The van der Waals surface area contributed by atoms with Gasteiger partial charge in [0.1, 0.15) is 39.5 Å². The van der Waals surface area contributed by atoms with Gasteiger partial charge >= 0.3 is 0 Å². The van der Waals surface area contributed by atoms with Crippen molar-refractivity contribution in [2.45, 2.75) is 194 Å². The number of phosphoric ester groups is 3. The van der Waals surface area contributed by atoms with E-state index in [2.05, 4.69) is 80.4 Å². The number of phenolic OH excluding ortho intramolecular Hbond substituents is 6. The first-order chi connectivity index (χ1) is 45.5. The quantitative estimate of drug-likeness (QED) is 0.0104. The molecule has 0 amide bonds. The maximum atomic E-state index is 12.0. The number of rotatable bonds is 53. The van der Waals surface area contributed by atoms with Gasteiger partial charge in [0.05, 0.1) is 81.7 Å². The molecular weight excluding hydrogens is 1290 g/mol. The fourth-order valence-electron chi connectivity index (χ4n) is 10.6. The van der Waals surface area contributed by atoms with Crippen LogP contribution in [0.5, 0.6) is 34.5 Å². The Morgan fingerprint density at radius 1 is 0.292 bits per heavy atom. The summed E-state index contributed by atoms with van der Waals surface area (Å²) in [5, 5.41) is 56.4. The molecule has 6 N–H and O–H groups in total. The third-order valence-corrected chi connectivity index (χ3v) is 19.8. The minimum Gasteiger partial charge on any atom is -0.756 e. The van der Waals surface area contributed by atoms with Crippen molar-refractivity contribution in [3.05, 3.63) is 107 Å². The lowest BCUT2D eigenvalue weighted by atomic mass is 10.1. The van der Waals surface area contributed by atoms with Crippen LogP contribution in [0.2, 0.25) is 0 Å². The molecule has 0 saturated carbocycles. The van der Waals surface area contributed by atoms with Crippen LogP contribution in [0, 0.1) is 0 Å². The summed E-state index contributed by atoms with van der Waals surface area (Å²) in [5.74, 6) is -1.12. The number of nitrogens with zero attached hydrogens (tertiary/aromatic N) is 3. The predicted molar refractivity (Wildman–Crippen MR) is 377 cm³/mol. The maximum Gasteiger partial charge on any atom is 0.268 e. The maximum absolute atomic E-state index is 12.0. The largest absolute Gasteiger partial charge is 0.756 e. The van der Waals surface area contributed by atoms with Gasteiger partial charge in [-0.15, -0.1) is 0 Å². The number of phosphoric acid groups is 3. The van der Waals surface area contributed by atoms with E-state index in [4.69, 9.17) is 27.1 Å². The fraction of sp³-hybridized carbons (Fsp3) is 0.667. The summed E-state index contributed by atoms with van der Waals surface area (Å²) in [7, 11) is -0.449. The molecule has 0 spiro atoms. The lowest BCUT2D eigenvalue weighted by molar-refractivity contribution is -0.890. The monoisotopic (exact) mass is 1410 g/mol. The van der Waals surface area contributed by atoms with E-state index in [1.165, 1.54) is 145 Å². The molecule has 0 aliphatic heterocycles. The zero-order chi connectivity index (χ0) is 71.2. The van der Waals surface area contributed by atoms with Crippen LogP contribution in [0.3, 0.4) is 0 Å². The van der Waals surface area contributed by atoms with Gasteiger partial charge in [-0.1, -0.05) is 152 Å². The highest BCUT2D eigenvalue weighted by Crippen LogP contribution is 2.40. The Hall–Kier alpha value is -4.11. The number of likely N-dealkylation sites (N-methyl/N-ethyl adjacent to an activating group) is 3. The SMILES string of the molecule is CCCCCCCCCCCC[N+](C)(C)CCOP(=O)([O-])OCCCc1ccc(O)c(O)c1.CCCCCCCCCC[N+](C)(C)CCOP(=O)([O-])OCCCc1ccc(O)c(O)c1.C[N+](C)(CCCCCc1ccccc1)CCOP(=O)([O-])OCCCc1ccc(O)c(O)c1. The third kappa shape index (κ3) is 46.3. The van der Waals surface area contributed by atoms with Gasteiger partial charge in [-0.3, -0.25) is 13.7 Å². The normalized spacial score (nSPS) is 13.8. The van der Waals surface area contributed by atoms with Crippen molar-refractivity contribution in [1.29, 1.82) is 0 Å². The van der Waals surface area contributed by atoms with Crippen molar-refractivity contribution >= 4 is 23.5 Å². The van der Waals surface area contributed by atoms with Gasteiger partial charge in [-0.2, -0.15) is 0 Å². The molecule has 3 atom stereocenters. The first-order valence-corrected chi connectivity index (χ1v) is 39.7. The Balaban J connectivity index is 0.000000490. The van der Waals surface area contributed by atoms with Crippen molar-refractivity contribution in [1.82, 2.24) is 0 Å². The van der Waals surface area contributed by atoms with E-state index < -0.39 is 23.5 Å². The van der Waals surface area contributed by atoms with Crippen molar-refractivity contribution in [2.24, 2.45) is 0 Å². The van der Waals surface area contributed by atoms with Gasteiger partial charge in [-0.05, 0) is 149 Å². The molecule has 0 bridgehead atoms. The van der Waals surface area contributed by atoms with Crippen LogP contribution in [0.1, 0.15) is 190 Å².